The van der Waals surface area contributed by atoms with Gasteiger partial charge in [-0.2, -0.15) is 0 Å². The molecule has 0 fully saturated rings. The third-order valence-electron chi connectivity index (χ3n) is 3.68. The van der Waals surface area contributed by atoms with Gasteiger partial charge in [0.15, 0.2) is 0 Å². The minimum absolute atomic E-state index is 0.682. The van der Waals surface area contributed by atoms with E-state index in [1.165, 1.54) is 33.4 Å². The van der Waals surface area contributed by atoms with E-state index in [-0.39, 0.29) is 0 Å². The first-order chi connectivity index (χ1) is 9.16. The van der Waals surface area contributed by atoms with Gasteiger partial charge in [-0.3, -0.25) is 0 Å². The molecule has 0 saturated carbocycles. The van der Waals surface area contributed by atoms with Crippen LogP contribution in [0.2, 0.25) is 0 Å². The van der Waals surface area contributed by atoms with Crippen LogP contribution in [0.4, 0.5) is 0 Å². The SMILES string of the molecule is CC1=C(c2ccc(C)cc2)c2cccc(C)c2OC1. The van der Waals surface area contributed by atoms with Gasteiger partial charge in [0, 0.05) is 5.56 Å². The summed E-state index contributed by atoms with van der Waals surface area (Å²) >= 11 is 0. The quantitative estimate of drug-likeness (QED) is 0.723. The molecule has 1 aliphatic heterocycles. The summed E-state index contributed by atoms with van der Waals surface area (Å²) in [6.07, 6.45) is 0. The molecule has 19 heavy (non-hydrogen) atoms. The highest BCUT2D eigenvalue weighted by atomic mass is 16.5. The first-order valence-corrected chi connectivity index (χ1v) is 6.66. The Morgan fingerprint density at radius 3 is 2.37 bits per heavy atom. The first-order valence-electron chi connectivity index (χ1n) is 6.66. The second-order valence-corrected chi connectivity index (χ2v) is 5.26. The number of fused-ring (bicyclic) bond motifs is 1. The lowest BCUT2D eigenvalue weighted by molar-refractivity contribution is 0.344. The molecule has 0 N–H and O–H groups in total. The average molecular weight is 250 g/mol. The molecule has 1 heteroatoms. The second kappa shape index (κ2) is 4.58. The van der Waals surface area contributed by atoms with Crippen molar-refractivity contribution in [2.75, 3.05) is 6.61 Å². The number of ether oxygens (including phenoxy) is 1. The van der Waals surface area contributed by atoms with Crippen molar-refractivity contribution in [3.63, 3.8) is 0 Å². The Labute approximate surface area is 114 Å². The van der Waals surface area contributed by atoms with Gasteiger partial charge in [0.05, 0.1) is 0 Å². The second-order valence-electron chi connectivity index (χ2n) is 5.26. The first kappa shape index (κ1) is 12.0. The van der Waals surface area contributed by atoms with Crippen LogP contribution in [0.5, 0.6) is 5.75 Å². The molecule has 0 bridgehead atoms. The maximum absolute atomic E-state index is 5.88. The van der Waals surface area contributed by atoms with Crippen molar-refractivity contribution in [2.45, 2.75) is 20.8 Å². The van der Waals surface area contributed by atoms with Crippen LogP contribution in [0.25, 0.3) is 5.57 Å². The van der Waals surface area contributed by atoms with Crippen LogP contribution in [0.1, 0.15) is 29.2 Å². The molecule has 2 aromatic carbocycles. The standard InChI is InChI=1S/C18H18O/c1-12-7-9-15(10-8-12)17-14(3)11-19-18-13(2)5-4-6-16(17)18/h4-10H,11H2,1-3H3. The van der Waals surface area contributed by atoms with E-state index in [9.17, 15) is 0 Å². The highest BCUT2D eigenvalue weighted by Crippen LogP contribution is 2.38. The topological polar surface area (TPSA) is 9.23 Å². The van der Waals surface area contributed by atoms with Gasteiger partial charge in [-0.05, 0) is 43.0 Å². The van der Waals surface area contributed by atoms with E-state index in [0.29, 0.717) is 6.61 Å². The molecular weight excluding hydrogens is 232 g/mol. The Morgan fingerprint density at radius 2 is 1.63 bits per heavy atom. The van der Waals surface area contributed by atoms with Crippen molar-refractivity contribution in [2.24, 2.45) is 0 Å². The Bertz CT molecular complexity index is 648. The normalized spacial score (nSPS) is 14.1. The van der Waals surface area contributed by atoms with E-state index in [4.69, 9.17) is 4.74 Å². The van der Waals surface area contributed by atoms with Crippen molar-refractivity contribution in [3.8, 4) is 5.75 Å². The summed E-state index contributed by atoms with van der Waals surface area (Å²) in [6, 6.07) is 15.1. The molecule has 1 nitrogen and oxygen atoms in total. The van der Waals surface area contributed by atoms with Crippen molar-refractivity contribution in [3.05, 3.63) is 70.3 Å². The van der Waals surface area contributed by atoms with E-state index >= 15 is 0 Å². The fourth-order valence-electron chi connectivity index (χ4n) is 2.65. The molecule has 1 heterocycles. The highest BCUT2D eigenvalue weighted by Gasteiger charge is 2.20. The van der Waals surface area contributed by atoms with Gasteiger partial charge in [-0.15, -0.1) is 0 Å². The van der Waals surface area contributed by atoms with Crippen LogP contribution in [0.3, 0.4) is 0 Å². The van der Waals surface area contributed by atoms with Gasteiger partial charge < -0.3 is 4.74 Å². The maximum atomic E-state index is 5.88. The van der Waals surface area contributed by atoms with Crippen LogP contribution in [0, 0.1) is 13.8 Å². The van der Waals surface area contributed by atoms with Crippen LogP contribution >= 0.6 is 0 Å². The van der Waals surface area contributed by atoms with Crippen LogP contribution in [-0.4, -0.2) is 6.61 Å². The number of benzene rings is 2. The summed E-state index contributed by atoms with van der Waals surface area (Å²) in [5.74, 6) is 1.03. The van der Waals surface area contributed by atoms with Crippen LogP contribution in [0.15, 0.2) is 48.0 Å². The molecular formula is C18H18O. The smallest absolute Gasteiger partial charge is 0.130 e. The Hall–Kier alpha value is -2.02. The van der Waals surface area contributed by atoms with E-state index < -0.39 is 0 Å². The van der Waals surface area contributed by atoms with E-state index in [2.05, 4.69) is 63.2 Å². The molecule has 0 saturated heterocycles. The van der Waals surface area contributed by atoms with E-state index in [0.717, 1.165) is 5.75 Å². The van der Waals surface area contributed by atoms with Gasteiger partial charge in [0.25, 0.3) is 0 Å². The fourth-order valence-corrected chi connectivity index (χ4v) is 2.65. The van der Waals surface area contributed by atoms with Gasteiger partial charge in [-0.1, -0.05) is 48.0 Å². The number of rotatable bonds is 1. The zero-order valence-electron chi connectivity index (χ0n) is 11.7. The lowest BCUT2D eigenvalue weighted by Crippen LogP contribution is -2.11. The minimum Gasteiger partial charge on any atom is -0.488 e. The number of para-hydroxylation sites is 1. The number of hydrogen-bond acceptors (Lipinski definition) is 1. The highest BCUT2D eigenvalue weighted by molar-refractivity contribution is 5.86. The average Bonchev–Trinajstić information content (AvgIpc) is 2.40. The van der Waals surface area contributed by atoms with Gasteiger partial charge in [0.1, 0.15) is 12.4 Å². The van der Waals surface area contributed by atoms with Crippen molar-refractivity contribution in [1.82, 2.24) is 0 Å². The molecule has 0 amide bonds. The van der Waals surface area contributed by atoms with Gasteiger partial charge in [0.2, 0.25) is 0 Å². The molecule has 0 aromatic heterocycles. The van der Waals surface area contributed by atoms with Gasteiger partial charge >= 0.3 is 0 Å². The lowest BCUT2D eigenvalue weighted by Gasteiger charge is -2.24. The maximum Gasteiger partial charge on any atom is 0.130 e. The third kappa shape index (κ3) is 2.06. The molecule has 0 atom stereocenters. The summed E-state index contributed by atoms with van der Waals surface area (Å²) in [7, 11) is 0. The van der Waals surface area contributed by atoms with Crippen molar-refractivity contribution in [1.29, 1.82) is 0 Å². The fraction of sp³-hybridized carbons (Fsp3) is 0.222. The summed E-state index contributed by atoms with van der Waals surface area (Å²) in [6.45, 7) is 7.06. The summed E-state index contributed by atoms with van der Waals surface area (Å²) in [5, 5.41) is 0. The number of hydrogen-bond donors (Lipinski definition) is 0. The summed E-state index contributed by atoms with van der Waals surface area (Å²) in [5.41, 5.74) is 7.60. The van der Waals surface area contributed by atoms with Crippen LogP contribution in [-0.2, 0) is 0 Å². The summed E-state index contributed by atoms with van der Waals surface area (Å²) in [4.78, 5) is 0. The largest absolute Gasteiger partial charge is 0.488 e. The Balaban J connectivity index is 2.20. The Morgan fingerprint density at radius 1 is 0.895 bits per heavy atom. The molecule has 2 aromatic rings. The Kier molecular flexibility index (Phi) is 2.90. The minimum atomic E-state index is 0.682. The molecule has 0 radical (unpaired) electrons. The summed E-state index contributed by atoms with van der Waals surface area (Å²) < 4.78 is 5.88. The molecule has 0 spiro atoms. The third-order valence-corrected chi connectivity index (χ3v) is 3.68. The van der Waals surface area contributed by atoms with Gasteiger partial charge in [-0.25, -0.2) is 0 Å². The zero-order chi connectivity index (χ0) is 13.4. The molecule has 0 aliphatic carbocycles. The van der Waals surface area contributed by atoms with Crippen molar-refractivity contribution >= 4 is 5.57 Å². The predicted molar refractivity (Wildman–Crippen MR) is 79.5 cm³/mol. The lowest BCUT2D eigenvalue weighted by atomic mass is 9.90. The number of aryl methyl sites for hydroxylation is 2. The molecule has 0 unspecified atom stereocenters. The molecule has 96 valence electrons. The zero-order valence-corrected chi connectivity index (χ0v) is 11.7. The molecule has 1 aliphatic rings. The van der Waals surface area contributed by atoms with Crippen LogP contribution < -0.4 is 4.74 Å². The van der Waals surface area contributed by atoms with E-state index in [1.807, 2.05) is 0 Å². The van der Waals surface area contributed by atoms with E-state index in [1.54, 1.807) is 0 Å². The molecule has 3 rings (SSSR count). The predicted octanol–water partition coefficient (Wildman–Crippen LogP) is 4.52. The monoisotopic (exact) mass is 250 g/mol. The van der Waals surface area contributed by atoms with Crippen molar-refractivity contribution < 1.29 is 4.74 Å².